The quantitative estimate of drug-likeness (QED) is 0.521. The Kier molecular flexibility index (Phi) is 7.64. The minimum Gasteiger partial charge on any atom is -0.478 e. The van der Waals surface area contributed by atoms with Crippen molar-refractivity contribution >= 4 is 17.9 Å². The first-order valence-electron chi connectivity index (χ1n) is 7.33. The van der Waals surface area contributed by atoms with E-state index in [2.05, 4.69) is 6.58 Å². The number of ether oxygens (including phenoxy) is 2. The molecule has 7 heteroatoms. The summed E-state index contributed by atoms with van der Waals surface area (Å²) < 4.78 is 9.78. The largest absolute Gasteiger partial charge is 0.478 e. The van der Waals surface area contributed by atoms with E-state index in [0.29, 0.717) is 6.42 Å². The van der Waals surface area contributed by atoms with Crippen LogP contribution in [0.4, 0.5) is 0 Å². The molecule has 2 atom stereocenters. The standard InChI is InChI=1S/C17H20O7/c1-3-15(19)23-9-8-11(2)14(18)10-24-17(22)13-7-5-4-6-12(13)16(20)21/h3-7,11,14,18H,1,8-10H2,2H3,(H,20,21). The first-order chi connectivity index (χ1) is 11.4. The highest BCUT2D eigenvalue weighted by Gasteiger charge is 2.20. The number of carbonyl (C=O) groups excluding carboxylic acids is 2. The van der Waals surface area contributed by atoms with Crippen LogP contribution >= 0.6 is 0 Å². The molecule has 0 fully saturated rings. The van der Waals surface area contributed by atoms with Gasteiger partial charge in [0.15, 0.2) is 0 Å². The van der Waals surface area contributed by atoms with Crippen molar-refractivity contribution in [2.45, 2.75) is 19.4 Å². The Balaban J connectivity index is 2.50. The fourth-order valence-electron chi connectivity index (χ4n) is 1.85. The molecule has 2 unspecified atom stereocenters. The minimum absolute atomic E-state index is 0.0789. The number of esters is 2. The molecular weight excluding hydrogens is 316 g/mol. The van der Waals surface area contributed by atoms with Gasteiger partial charge in [-0.1, -0.05) is 25.6 Å². The maximum absolute atomic E-state index is 12.0. The van der Waals surface area contributed by atoms with E-state index in [-0.39, 0.29) is 30.3 Å². The van der Waals surface area contributed by atoms with Crippen molar-refractivity contribution in [1.29, 1.82) is 0 Å². The lowest BCUT2D eigenvalue weighted by molar-refractivity contribution is -0.138. The predicted molar refractivity (Wildman–Crippen MR) is 84.6 cm³/mol. The molecule has 0 amide bonds. The van der Waals surface area contributed by atoms with Crippen LogP contribution in [0.3, 0.4) is 0 Å². The van der Waals surface area contributed by atoms with Gasteiger partial charge in [0.25, 0.3) is 0 Å². The van der Waals surface area contributed by atoms with Crippen LogP contribution in [-0.4, -0.2) is 47.4 Å². The number of carboxylic acids is 1. The summed E-state index contributed by atoms with van der Waals surface area (Å²) in [5.74, 6) is -2.89. The Morgan fingerprint density at radius 2 is 1.83 bits per heavy atom. The van der Waals surface area contributed by atoms with Crippen molar-refractivity contribution < 1.29 is 34.1 Å². The number of carboxylic acid groups (broad SMARTS) is 1. The molecule has 2 N–H and O–H groups in total. The maximum atomic E-state index is 12.0. The summed E-state index contributed by atoms with van der Waals surface area (Å²) in [6.45, 7) is 4.80. The van der Waals surface area contributed by atoms with E-state index in [1.165, 1.54) is 24.3 Å². The molecule has 7 nitrogen and oxygen atoms in total. The van der Waals surface area contributed by atoms with Crippen molar-refractivity contribution in [1.82, 2.24) is 0 Å². The molecule has 0 aliphatic carbocycles. The van der Waals surface area contributed by atoms with Gasteiger partial charge in [0.1, 0.15) is 6.61 Å². The number of hydrogen-bond donors (Lipinski definition) is 2. The Hall–Kier alpha value is -2.67. The van der Waals surface area contributed by atoms with Crippen LogP contribution in [0.15, 0.2) is 36.9 Å². The van der Waals surface area contributed by atoms with Crippen LogP contribution in [0.2, 0.25) is 0 Å². The molecular formula is C17H20O7. The summed E-state index contributed by atoms with van der Waals surface area (Å²) in [6, 6.07) is 5.67. The molecule has 0 spiro atoms. The molecule has 0 saturated carbocycles. The normalized spacial score (nSPS) is 12.8. The average Bonchev–Trinajstić information content (AvgIpc) is 2.58. The van der Waals surface area contributed by atoms with Gasteiger partial charge < -0.3 is 19.7 Å². The highest BCUT2D eigenvalue weighted by atomic mass is 16.5. The smallest absolute Gasteiger partial charge is 0.339 e. The lowest BCUT2D eigenvalue weighted by atomic mass is 10.0. The molecule has 1 aromatic rings. The second-order valence-electron chi connectivity index (χ2n) is 5.15. The Bertz CT molecular complexity index is 609. The molecule has 130 valence electrons. The third kappa shape index (κ3) is 5.85. The van der Waals surface area contributed by atoms with Crippen LogP contribution in [0, 0.1) is 5.92 Å². The number of carbonyl (C=O) groups is 3. The molecule has 0 bridgehead atoms. The number of aromatic carboxylic acids is 1. The Morgan fingerprint density at radius 1 is 1.21 bits per heavy atom. The van der Waals surface area contributed by atoms with Crippen LogP contribution in [0.25, 0.3) is 0 Å². The number of benzene rings is 1. The predicted octanol–water partition coefficient (Wildman–Crippen LogP) is 1.66. The summed E-state index contributed by atoms with van der Waals surface area (Å²) in [7, 11) is 0. The fraction of sp³-hybridized carbons (Fsp3) is 0.353. The monoisotopic (exact) mass is 336 g/mol. The number of aliphatic hydroxyl groups is 1. The SMILES string of the molecule is C=CC(=O)OCCC(C)C(O)COC(=O)c1ccccc1C(=O)O. The molecule has 0 aliphatic rings. The van der Waals surface area contributed by atoms with Gasteiger partial charge in [-0.2, -0.15) is 0 Å². The van der Waals surface area contributed by atoms with Crippen molar-refractivity contribution in [2.24, 2.45) is 5.92 Å². The van der Waals surface area contributed by atoms with Crippen LogP contribution in [0.1, 0.15) is 34.1 Å². The molecule has 1 aromatic carbocycles. The van der Waals surface area contributed by atoms with Gasteiger partial charge in [0, 0.05) is 6.08 Å². The van der Waals surface area contributed by atoms with Crippen molar-refractivity contribution in [2.75, 3.05) is 13.2 Å². The van der Waals surface area contributed by atoms with E-state index in [0.717, 1.165) is 6.08 Å². The van der Waals surface area contributed by atoms with Gasteiger partial charge in [0.05, 0.1) is 23.8 Å². The molecule has 0 aliphatic heterocycles. The van der Waals surface area contributed by atoms with Gasteiger partial charge in [-0.15, -0.1) is 0 Å². The summed E-state index contributed by atoms with van der Waals surface area (Å²) >= 11 is 0. The third-order valence-corrected chi connectivity index (χ3v) is 3.40. The highest BCUT2D eigenvalue weighted by molar-refractivity contribution is 6.02. The summed E-state index contributed by atoms with van der Waals surface area (Å²) in [5.41, 5.74) is -0.244. The van der Waals surface area contributed by atoms with Gasteiger partial charge in [0.2, 0.25) is 0 Å². The summed E-state index contributed by atoms with van der Waals surface area (Å²) in [6.07, 6.45) is 0.459. The Morgan fingerprint density at radius 3 is 2.42 bits per heavy atom. The lowest BCUT2D eigenvalue weighted by Gasteiger charge is -2.18. The first-order valence-corrected chi connectivity index (χ1v) is 7.33. The molecule has 1 rings (SSSR count). The number of aliphatic hydroxyl groups excluding tert-OH is 1. The molecule has 24 heavy (non-hydrogen) atoms. The minimum atomic E-state index is -1.24. The molecule has 0 heterocycles. The second kappa shape index (κ2) is 9.46. The van der Waals surface area contributed by atoms with Crippen LogP contribution in [0.5, 0.6) is 0 Å². The van der Waals surface area contributed by atoms with E-state index < -0.39 is 24.0 Å². The second-order valence-corrected chi connectivity index (χ2v) is 5.15. The van der Waals surface area contributed by atoms with Gasteiger partial charge in [-0.25, -0.2) is 14.4 Å². The van der Waals surface area contributed by atoms with E-state index >= 15 is 0 Å². The molecule has 0 aromatic heterocycles. The molecule has 0 saturated heterocycles. The van der Waals surface area contributed by atoms with E-state index in [1.54, 1.807) is 6.92 Å². The van der Waals surface area contributed by atoms with E-state index in [1.807, 2.05) is 0 Å². The van der Waals surface area contributed by atoms with E-state index in [9.17, 15) is 19.5 Å². The summed E-state index contributed by atoms with van der Waals surface area (Å²) in [5, 5.41) is 19.0. The third-order valence-electron chi connectivity index (χ3n) is 3.40. The van der Waals surface area contributed by atoms with Gasteiger partial charge in [-0.05, 0) is 24.5 Å². The van der Waals surface area contributed by atoms with Crippen molar-refractivity contribution in [3.8, 4) is 0 Å². The topological polar surface area (TPSA) is 110 Å². The van der Waals surface area contributed by atoms with Gasteiger partial charge in [-0.3, -0.25) is 0 Å². The average molecular weight is 336 g/mol. The zero-order chi connectivity index (χ0) is 18.1. The maximum Gasteiger partial charge on any atom is 0.339 e. The Labute approximate surface area is 139 Å². The van der Waals surface area contributed by atoms with E-state index in [4.69, 9.17) is 14.6 Å². The lowest BCUT2D eigenvalue weighted by Crippen LogP contribution is -2.27. The van der Waals surface area contributed by atoms with Crippen LogP contribution < -0.4 is 0 Å². The fourth-order valence-corrected chi connectivity index (χ4v) is 1.85. The number of hydrogen-bond acceptors (Lipinski definition) is 6. The molecule has 0 radical (unpaired) electrons. The van der Waals surface area contributed by atoms with Gasteiger partial charge >= 0.3 is 17.9 Å². The van der Waals surface area contributed by atoms with Crippen molar-refractivity contribution in [3.63, 3.8) is 0 Å². The zero-order valence-electron chi connectivity index (χ0n) is 13.3. The van der Waals surface area contributed by atoms with Crippen molar-refractivity contribution in [3.05, 3.63) is 48.0 Å². The van der Waals surface area contributed by atoms with Crippen LogP contribution in [-0.2, 0) is 14.3 Å². The summed E-state index contributed by atoms with van der Waals surface area (Å²) in [4.78, 5) is 33.9. The zero-order valence-corrected chi connectivity index (χ0v) is 13.3. The number of rotatable bonds is 9. The first kappa shape index (κ1) is 19.4. The highest BCUT2D eigenvalue weighted by Crippen LogP contribution is 2.13.